The van der Waals surface area contributed by atoms with Gasteiger partial charge < -0.3 is 5.32 Å². The van der Waals surface area contributed by atoms with Crippen molar-refractivity contribution in [3.63, 3.8) is 0 Å². The first kappa shape index (κ1) is 10.6. The molecular weight excluding hydrogens is 240 g/mol. The molecule has 1 aliphatic heterocycles. The van der Waals surface area contributed by atoms with Gasteiger partial charge in [0.05, 0.1) is 6.04 Å². The van der Waals surface area contributed by atoms with Crippen LogP contribution in [0, 0.1) is 0 Å². The molecule has 0 radical (unpaired) electrons. The normalized spacial score (nSPS) is 21.8. The van der Waals surface area contributed by atoms with E-state index in [9.17, 15) is 0 Å². The summed E-state index contributed by atoms with van der Waals surface area (Å²) >= 11 is 17.7. The number of hydrogen-bond donors (Lipinski definition) is 1. The molecule has 1 atom stereocenters. The molecule has 1 heterocycles. The fourth-order valence-electron chi connectivity index (χ4n) is 1.80. The maximum atomic E-state index is 5.91. The highest BCUT2D eigenvalue weighted by molar-refractivity contribution is 6.68. The fourth-order valence-corrected chi connectivity index (χ4v) is 2.38. The van der Waals surface area contributed by atoms with Crippen molar-refractivity contribution in [2.75, 3.05) is 6.54 Å². The zero-order valence-electron chi connectivity index (χ0n) is 7.43. The first-order valence-corrected chi connectivity index (χ1v) is 5.60. The molecule has 0 bridgehead atoms. The lowest BCUT2D eigenvalue weighted by atomic mass is 9.95. The van der Waals surface area contributed by atoms with Gasteiger partial charge in [-0.05, 0) is 24.1 Å². The predicted molar refractivity (Wildman–Crippen MR) is 61.2 cm³/mol. The van der Waals surface area contributed by atoms with Crippen molar-refractivity contribution in [3.05, 3.63) is 35.4 Å². The van der Waals surface area contributed by atoms with E-state index >= 15 is 0 Å². The van der Waals surface area contributed by atoms with E-state index in [1.165, 1.54) is 5.56 Å². The molecule has 0 amide bonds. The van der Waals surface area contributed by atoms with Gasteiger partial charge in [-0.15, -0.1) is 0 Å². The molecule has 1 aromatic rings. The molecule has 0 aliphatic carbocycles. The van der Waals surface area contributed by atoms with E-state index in [4.69, 9.17) is 34.8 Å². The Balaban J connectivity index is 2.41. The number of fused-ring (bicyclic) bond motifs is 1. The summed E-state index contributed by atoms with van der Waals surface area (Å²) in [6.07, 6.45) is 0.993. The predicted octanol–water partition coefficient (Wildman–Crippen LogP) is 3.24. The quantitative estimate of drug-likeness (QED) is 0.697. The van der Waals surface area contributed by atoms with Gasteiger partial charge in [0.25, 0.3) is 0 Å². The average molecular weight is 251 g/mol. The third-order valence-corrected chi connectivity index (χ3v) is 3.09. The lowest BCUT2D eigenvalue weighted by Gasteiger charge is -2.31. The maximum absolute atomic E-state index is 5.91. The van der Waals surface area contributed by atoms with Crippen molar-refractivity contribution in [3.8, 4) is 0 Å². The zero-order valence-corrected chi connectivity index (χ0v) is 9.70. The minimum absolute atomic E-state index is 0.197. The van der Waals surface area contributed by atoms with Gasteiger partial charge in [0.1, 0.15) is 0 Å². The van der Waals surface area contributed by atoms with Gasteiger partial charge in [-0.3, -0.25) is 0 Å². The minimum atomic E-state index is -1.28. The minimum Gasteiger partial charge on any atom is -0.306 e. The molecule has 0 aromatic heterocycles. The lowest BCUT2D eigenvalue weighted by molar-refractivity contribution is 0.512. The highest BCUT2D eigenvalue weighted by Crippen LogP contribution is 2.42. The number of nitrogens with one attached hydrogen (secondary N) is 1. The van der Waals surface area contributed by atoms with E-state index in [0.717, 1.165) is 18.5 Å². The molecule has 2 rings (SSSR count). The van der Waals surface area contributed by atoms with Gasteiger partial charge in [0, 0.05) is 0 Å². The van der Waals surface area contributed by atoms with Gasteiger partial charge in [0.2, 0.25) is 3.79 Å². The molecule has 14 heavy (non-hydrogen) atoms. The molecule has 0 saturated heterocycles. The maximum Gasteiger partial charge on any atom is 0.209 e. The molecule has 1 aliphatic rings. The second kappa shape index (κ2) is 3.90. The van der Waals surface area contributed by atoms with E-state index in [1.807, 2.05) is 18.2 Å². The average Bonchev–Trinajstić information content (AvgIpc) is 2.15. The second-order valence-corrected chi connectivity index (χ2v) is 5.75. The summed E-state index contributed by atoms with van der Waals surface area (Å²) in [5.41, 5.74) is 2.36. The molecule has 4 heteroatoms. The molecule has 0 spiro atoms. The Hall–Kier alpha value is 0.0500. The highest BCUT2D eigenvalue weighted by Gasteiger charge is 2.36. The second-order valence-electron chi connectivity index (χ2n) is 3.38. The number of alkyl halides is 3. The van der Waals surface area contributed by atoms with E-state index in [2.05, 4.69) is 11.4 Å². The van der Waals surface area contributed by atoms with Crippen LogP contribution in [0.3, 0.4) is 0 Å². The van der Waals surface area contributed by atoms with Crippen LogP contribution in [0.1, 0.15) is 17.2 Å². The number of halogens is 3. The summed E-state index contributed by atoms with van der Waals surface area (Å²) in [5, 5.41) is 3.22. The Morgan fingerprint density at radius 1 is 1.21 bits per heavy atom. The van der Waals surface area contributed by atoms with Crippen LogP contribution < -0.4 is 5.32 Å². The third-order valence-electron chi connectivity index (χ3n) is 2.44. The number of rotatable bonds is 0. The van der Waals surface area contributed by atoms with Crippen molar-refractivity contribution < 1.29 is 0 Å². The van der Waals surface area contributed by atoms with Gasteiger partial charge in [0.15, 0.2) is 0 Å². The van der Waals surface area contributed by atoms with Crippen LogP contribution in [0.2, 0.25) is 0 Å². The third kappa shape index (κ3) is 2.01. The Bertz CT molecular complexity index is 332. The molecule has 0 fully saturated rings. The summed E-state index contributed by atoms with van der Waals surface area (Å²) < 4.78 is -1.28. The lowest BCUT2D eigenvalue weighted by Crippen LogP contribution is -2.37. The van der Waals surface area contributed by atoms with E-state index in [-0.39, 0.29) is 6.04 Å². The van der Waals surface area contributed by atoms with Crippen molar-refractivity contribution >= 4 is 34.8 Å². The van der Waals surface area contributed by atoms with Crippen LogP contribution in [0.4, 0.5) is 0 Å². The van der Waals surface area contributed by atoms with E-state index in [0.29, 0.717) is 0 Å². The van der Waals surface area contributed by atoms with Crippen LogP contribution in [0.25, 0.3) is 0 Å². The molecule has 1 N–H and O–H groups in total. The fraction of sp³-hybridized carbons (Fsp3) is 0.400. The molecule has 76 valence electrons. The molecular formula is C10H10Cl3N. The summed E-state index contributed by atoms with van der Waals surface area (Å²) in [6.45, 7) is 0.857. The molecule has 1 aromatic carbocycles. The summed E-state index contributed by atoms with van der Waals surface area (Å²) in [6, 6.07) is 7.88. The van der Waals surface area contributed by atoms with Crippen molar-refractivity contribution in [1.82, 2.24) is 5.32 Å². The van der Waals surface area contributed by atoms with Crippen LogP contribution in [0.5, 0.6) is 0 Å². The van der Waals surface area contributed by atoms with Crippen LogP contribution in [-0.2, 0) is 6.42 Å². The Kier molecular flexibility index (Phi) is 2.94. The Labute approximate surface area is 98.3 Å². The highest BCUT2D eigenvalue weighted by atomic mass is 35.6. The van der Waals surface area contributed by atoms with Crippen LogP contribution in [0.15, 0.2) is 24.3 Å². The monoisotopic (exact) mass is 249 g/mol. The van der Waals surface area contributed by atoms with Crippen molar-refractivity contribution in [2.45, 2.75) is 16.3 Å². The van der Waals surface area contributed by atoms with Gasteiger partial charge in [-0.2, -0.15) is 0 Å². The van der Waals surface area contributed by atoms with Gasteiger partial charge in [-0.1, -0.05) is 59.1 Å². The van der Waals surface area contributed by atoms with E-state index < -0.39 is 3.79 Å². The smallest absolute Gasteiger partial charge is 0.209 e. The number of hydrogen-bond acceptors (Lipinski definition) is 1. The topological polar surface area (TPSA) is 12.0 Å². The Morgan fingerprint density at radius 3 is 2.64 bits per heavy atom. The summed E-state index contributed by atoms with van der Waals surface area (Å²) in [4.78, 5) is 0. The van der Waals surface area contributed by atoms with Gasteiger partial charge >= 0.3 is 0 Å². The SMILES string of the molecule is ClC(Cl)(Cl)C1NCCc2ccccc21. The molecule has 1 unspecified atom stereocenters. The summed E-state index contributed by atoms with van der Waals surface area (Å²) in [7, 11) is 0. The summed E-state index contributed by atoms with van der Waals surface area (Å²) in [5.74, 6) is 0. The zero-order chi connectivity index (χ0) is 10.2. The first-order chi connectivity index (χ1) is 6.59. The molecule has 0 saturated carbocycles. The Morgan fingerprint density at radius 2 is 1.93 bits per heavy atom. The molecule has 1 nitrogen and oxygen atoms in total. The van der Waals surface area contributed by atoms with E-state index in [1.54, 1.807) is 0 Å². The largest absolute Gasteiger partial charge is 0.306 e. The van der Waals surface area contributed by atoms with Crippen LogP contribution >= 0.6 is 34.8 Å². The standard InChI is InChI=1S/C10H10Cl3N/c11-10(12,13)9-8-4-2-1-3-7(8)5-6-14-9/h1-4,9,14H,5-6H2. The van der Waals surface area contributed by atoms with Gasteiger partial charge in [-0.25, -0.2) is 0 Å². The van der Waals surface area contributed by atoms with Crippen LogP contribution in [-0.4, -0.2) is 10.3 Å². The first-order valence-electron chi connectivity index (χ1n) is 4.47. The van der Waals surface area contributed by atoms with Crippen molar-refractivity contribution in [2.24, 2.45) is 0 Å². The number of benzene rings is 1. The van der Waals surface area contributed by atoms with Crippen molar-refractivity contribution in [1.29, 1.82) is 0 Å².